The van der Waals surface area contributed by atoms with Crippen molar-refractivity contribution in [2.45, 2.75) is 57.5 Å². The van der Waals surface area contributed by atoms with E-state index >= 15 is 0 Å². The van der Waals surface area contributed by atoms with Gasteiger partial charge in [0.2, 0.25) is 0 Å². The Labute approximate surface area is 123 Å². The van der Waals surface area contributed by atoms with Crippen molar-refractivity contribution in [3.05, 3.63) is 0 Å². The van der Waals surface area contributed by atoms with Crippen LogP contribution >= 0.6 is 0 Å². The van der Waals surface area contributed by atoms with Crippen LogP contribution in [0.25, 0.3) is 0 Å². The molecule has 20 heavy (non-hydrogen) atoms. The Kier molecular flexibility index (Phi) is 4.73. The van der Waals surface area contributed by atoms with Crippen LogP contribution in [0.15, 0.2) is 0 Å². The molecule has 1 saturated heterocycles. The monoisotopic (exact) mass is 278 g/mol. The summed E-state index contributed by atoms with van der Waals surface area (Å²) in [5.74, 6) is 0.396. The van der Waals surface area contributed by atoms with Crippen LogP contribution in [0, 0.1) is 17.2 Å². The minimum atomic E-state index is -0.548. The summed E-state index contributed by atoms with van der Waals surface area (Å²) in [5.41, 5.74) is 5.94. The molecular formula is C16H30N4. The largest absolute Gasteiger partial charge is 0.313 e. The Balaban J connectivity index is 1.76. The predicted molar refractivity (Wildman–Crippen MR) is 82.3 cm³/mol. The van der Waals surface area contributed by atoms with Crippen LogP contribution in [0.4, 0.5) is 0 Å². The van der Waals surface area contributed by atoms with Gasteiger partial charge in [0.15, 0.2) is 0 Å². The summed E-state index contributed by atoms with van der Waals surface area (Å²) in [5, 5.41) is 9.26. The van der Waals surface area contributed by atoms with Crippen LogP contribution in [-0.2, 0) is 0 Å². The fraction of sp³-hybridized carbons (Fsp3) is 0.938. The number of hydrogen-bond acceptors (Lipinski definition) is 4. The van der Waals surface area contributed by atoms with E-state index in [4.69, 9.17) is 5.73 Å². The molecule has 1 aliphatic carbocycles. The zero-order valence-corrected chi connectivity index (χ0v) is 13.4. The van der Waals surface area contributed by atoms with Crippen LogP contribution in [0.2, 0.25) is 0 Å². The first kappa shape index (κ1) is 15.8. The van der Waals surface area contributed by atoms with Crippen molar-refractivity contribution in [2.24, 2.45) is 11.7 Å². The van der Waals surface area contributed by atoms with Crippen molar-refractivity contribution < 1.29 is 0 Å². The van der Waals surface area contributed by atoms with Crippen LogP contribution in [-0.4, -0.2) is 53.6 Å². The van der Waals surface area contributed by atoms with Crippen molar-refractivity contribution in [1.82, 2.24) is 9.80 Å². The molecule has 0 aromatic heterocycles. The van der Waals surface area contributed by atoms with Crippen LogP contribution in [0.3, 0.4) is 0 Å². The molecule has 1 heterocycles. The predicted octanol–water partition coefficient (Wildman–Crippen LogP) is 1.81. The van der Waals surface area contributed by atoms with Crippen LogP contribution in [0.5, 0.6) is 0 Å². The average Bonchev–Trinajstić information content (AvgIpc) is 2.78. The minimum Gasteiger partial charge on any atom is -0.313 e. The summed E-state index contributed by atoms with van der Waals surface area (Å²) in [4.78, 5) is 5.10. The molecule has 4 nitrogen and oxygen atoms in total. The zero-order chi connectivity index (χ0) is 14.8. The Morgan fingerprint density at radius 3 is 2.45 bits per heavy atom. The lowest BCUT2D eigenvalue weighted by Crippen LogP contribution is -2.53. The van der Waals surface area contributed by atoms with Gasteiger partial charge < -0.3 is 10.6 Å². The molecule has 2 atom stereocenters. The minimum absolute atomic E-state index is 0.283. The van der Waals surface area contributed by atoms with Gasteiger partial charge in [0, 0.05) is 31.7 Å². The quantitative estimate of drug-likeness (QED) is 0.855. The maximum Gasteiger partial charge on any atom is 0.107 e. The molecule has 2 N–H and O–H groups in total. The summed E-state index contributed by atoms with van der Waals surface area (Å²) < 4.78 is 0. The van der Waals surface area contributed by atoms with Gasteiger partial charge in [-0.05, 0) is 52.5 Å². The van der Waals surface area contributed by atoms with Gasteiger partial charge in [-0.3, -0.25) is 4.90 Å². The molecule has 4 heteroatoms. The van der Waals surface area contributed by atoms with Gasteiger partial charge >= 0.3 is 0 Å². The number of hydrogen-bond donors (Lipinski definition) is 1. The van der Waals surface area contributed by atoms with Crippen molar-refractivity contribution in [1.29, 1.82) is 5.26 Å². The highest BCUT2D eigenvalue weighted by Gasteiger charge is 2.39. The second-order valence-electron chi connectivity index (χ2n) is 7.53. The summed E-state index contributed by atoms with van der Waals surface area (Å²) in [7, 11) is 0. The topological polar surface area (TPSA) is 56.3 Å². The summed E-state index contributed by atoms with van der Waals surface area (Å²) in [6.45, 7) is 12.6. The van der Waals surface area contributed by atoms with Gasteiger partial charge in [-0.2, -0.15) is 5.26 Å². The second-order valence-corrected chi connectivity index (χ2v) is 7.53. The van der Waals surface area contributed by atoms with Gasteiger partial charge in [-0.15, -0.1) is 0 Å². The van der Waals surface area contributed by atoms with E-state index in [0.29, 0.717) is 5.92 Å². The third-order valence-electron chi connectivity index (χ3n) is 5.19. The number of piperazine rings is 1. The number of rotatable bonds is 3. The lowest BCUT2D eigenvalue weighted by Gasteiger charge is -2.42. The van der Waals surface area contributed by atoms with Crippen molar-refractivity contribution in [3.8, 4) is 6.07 Å². The molecule has 0 amide bonds. The van der Waals surface area contributed by atoms with Crippen LogP contribution in [0.1, 0.15) is 46.5 Å². The van der Waals surface area contributed by atoms with Gasteiger partial charge in [0.05, 0.1) is 6.07 Å². The summed E-state index contributed by atoms with van der Waals surface area (Å²) in [6.07, 6.45) is 4.21. The van der Waals surface area contributed by atoms with E-state index in [2.05, 4.69) is 36.6 Å². The molecule has 1 saturated carbocycles. The SMILES string of the molecule is CC(C)(C)N1CCN(CCC2CCCC2(N)C#N)CC1. The first-order valence-electron chi connectivity index (χ1n) is 8.03. The number of nitriles is 1. The smallest absolute Gasteiger partial charge is 0.107 e. The highest BCUT2D eigenvalue weighted by molar-refractivity contribution is 5.12. The highest BCUT2D eigenvalue weighted by atomic mass is 15.3. The van der Waals surface area contributed by atoms with Gasteiger partial charge in [0.25, 0.3) is 0 Å². The van der Waals surface area contributed by atoms with E-state index in [1.165, 1.54) is 0 Å². The van der Waals surface area contributed by atoms with E-state index in [1.807, 2.05) is 0 Å². The lowest BCUT2D eigenvalue weighted by molar-refractivity contribution is 0.0591. The molecule has 0 aromatic rings. The van der Waals surface area contributed by atoms with Crippen molar-refractivity contribution >= 4 is 0 Å². The standard InChI is InChI=1S/C16H30N4/c1-15(2,3)20-11-9-19(10-12-20)8-6-14-5-4-7-16(14,18)13-17/h14H,4-12,18H2,1-3H3. The number of nitrogens with two attached hydrogens (primary N) is 1. The molecule has 2 fully saturated rings. The lowest BCUT2D eigenvalue weighted by atomic mass is 9.87. The van der Waals surface area contributed by atoms with Crippen molar-refractivity contribution in [3.63, 3.8) is 0 Å². The van der Waals surface area contributed by atoms with E-state index in [0.717, 1.165) is 58.4 Å². The Bertz CT molecular complexity index is 360. The fourth-order valence-electron chi connectivity index (χ4n) is 3.63. The van der Waals surface area contributed by atoms with E-state index in [9.17, 15) is 5.26 Å². The molecule has 2 aliphatic rings. The van der Waals surface area contributed by atoms with Gasteiger partial charge in [-0.1, -0.05) is 6.42 Å². The Morgan fingerprint density at radius 1 is 1.25 bits per heavy atom. The third-order valence-corrected chi connectivity index (χ3v) is 5.19. The fourth-order valence-corrected chi connectivity index (χ4v) is 3.63. The summed E-state index contributed by atoms with van der Waals surface area (Å²) >= 11 is 0. The molecule has 0 aromatic carbocycles. The maximum absolute atomic E-state index is 9.26. The molecular weight excluding hydrogens is 248 g/mol. The highest BCUT2D eigenvalue weighted by Crippen LogP contribution is 2.35. The molecule has 114 valence electrons. The average molecular weight is 278 g/mol. The summed E-state index contributed by atoms with van der Waals surface area (Å²) in [6, 6.07) is 2.36. The van der Waals surface area contributed by atoms with E-state index in [1.54, 1.807) is 0 Å². The molecule has 2 unspecified atom stereocenters. The Morgan fingerprint density at radius 2 is 1.90 bits per heavy atom. The zero-order valence-electron chi connectivity index (χ0n) is 13.4. The third kappa shape index (κ3) is 3.52. The van der Waals surface area contributed by atoms with E-state index in [-0.39, 0.29) is 5.54 Å². The molecule has 1 aliphatic heterocycles. The first-order chi connectivity index (χ1) is 9.35. The number of nitrogens with zero attached hydrogens (tertiary/aromatic N) is 3. The van der Waals surface area contributed by atoms with Gasteiger partial charge in [0.1, 0.15) is 5.54 Å². The van der Waals surface area contributed by atoms with Crippen molar-refractivity contribution in [2.75, 3.05) is 32.7 Å². The second kappa shape index (κ2) is 6.01. The van der Waals surface area contributed by atoms with Crippen LogP contribution < -0.4 is 5.73 Å². The maximum atomic E-state index is 9.26. The molecule has 2 rings (SSSR count). The Hall–Kier alpha value is -0.630. The van der Waals surface area contributed by atoms with Gasteiger partial charge in [-0.25, -0.2) is 0 Å². The normalized spacial score (nSPS) is 33.2. The first-order valence-corrected chi connectivity index (χ1v) is 8.03. The molecule has 0 radical (unpaired) electrons. The molecule has 0 bridgehead atoms. The van der Waals surface area contributed by atoms with E-state index < -0.39 is 5.54 Å². The molecule has 0 spiro atoms.